The van der Waals surface area contributed by atoms with Crippen LogP contribution in [0.2, 0.25) is 0 Å². The number of rotatable bonds is 5. The van der Waals surface area contributed by atoms with E-state index in [0.29, 0.717) is 0 Å². The standard InChI is InChI=1S/C13H23N3O6/c1-9(10(17)21-5)14-13(8-16(19)20)6-15(7-13)11(18)22-12(2,3)4/h9,14H,6-8H2,1-5H3/t9-/m0/s1. The number of likely N-dealkylation sites (tertiary alicyclic amines) is 1. The van der Waals surface area contributed by atoms with Gasteiger partial charge < -0.3 is 14.4 Å². The molecule has 0 spiro atoms. The second-order valence-electron chi connectivity index (χ2n) is 6.50. The highest BCUT2D eigenvalue weighted by molar-refractivity contribution is 5.75. The summed E-state index contributed by atoms with van der Waals surface area (Å²) < 4.78 is 9.81. The number of ether oxygens (including phenoxy) is 2. The van der Waals surface area contributed by atoms with Crippen LogP contribution in [0.4, 0.5) is 4.79 Å². The molecule has 126 valence electrons. The first-order valence-electron chi connectivity index (χ1n) is 6.93. The van der Waals surface area contributed by atoms with E-state index in [1.165, 1.54) is 12.0 Å². The first-order chi connectivity index (χ1) is 9.98. The van der Waals surface area contributed by atoms with Gasteiger partial charge in [0.25, 0.3) is 0 Å². The van der Waals surface area contributed by atoms with E-state index < -0.39 is 40.7 Å². The molecule has 0 aliphatic carbocycles. The van der Waals surface area contributed by atoms with Gasteiger partial charge in [0.1, 0.15) is 17.2 Å². The van der Waals surface area contributed by atoms with Crippen molar-refractivity contribution >= 4 is 12.1 Å². The number of nitrogens with zero attached hydrogens (tertiary/aromatic N) is 2. The van der Waals surface area contributed by atoms with Crippen molar-refractivity contribution < 1.29 is 24.0 Å². The fraction of sp³-hybridized carbons (Fsp3) is 0.846. The summed E-state index contributed by atoms with van der Waals surface area (Å²) in [5, 5.41) is 13.7. The van der Waals surface area contributed by atoms with Crippen molar-refractivity contribution in [3.63, 3.8) is 0 Å². The molecule has 1 aliphatic rings. The molecule has 0 aromatic heterocycles. The van der Waals surface area contributed by atoms with E-state index in [1.54, 1.807) is 27.7 Å². The van der Waals surface area contributed by atoms with Crippen molar-refractivity contribution in [1.82, 2.24) is 10.2 Å². The molecule has 1 saturated heterocycles. The van der Waals surface area contributed by atoms with Gasteiger partial charge in [0.15, 0.2) is 0 Å². The summed E-state index contributed by atoms with van der Waals surface area (Å²) in [6.45, 7) is 6.59. The Morgan fingerprint density at radius 2 is 1.95 bits per heavy atom. The summed E-state index contributed by atoms with van der Waals surface area (Å²) in [5.74, 6) is -0.515. The van der Waals surface area contributed by atoms with Gasteiger partial charge in [0, 0.05) is 4.92 Å². The first kappa shape index (κ1) is 18.1. The number of amides is 1. The predicted molar refractivity (Wildman–Crippen MR) is 77.0 cm³/mol. The molecule has 0 bridgehead atoms. The van der Waals surface area contributed by atoms with Crippen molar-refractivity contribution in [3.8, 4) is 0 Å². The second-order valence-corrected chi connectivity index (χ2v) is 6.50. The van der Waals surface area contributed by atoms with Crippen LogP contribution in [0.1, 0.15) is 27.7 Å². The summed E-state index contributed by atoms with van der Waals surface area (Å²) >= 11 is 0. The van der Waals surface area contributed by atoms with E-state index in [-0.39, 0.29) is 13.1 Å². The Morgan fingerprint density at radius 1 is 1.41 bits per heavy atom. The highest BCUT2D eigenvalue weighted by Crippen LogP contribution is 2.24. The van der Waals surface area contributed by atoms with Crippen LogP contribution in [0.25, 0.3) is 0 Å². The minimum atomic E-state index is -0.950. The average molecular weight is 317 g/mol. The third-order valence-corrected chi connectivity index (χ3v) is 3.15. The molecule has 9 heteroatoms. The molecule has 0 radical (unpaired) electrons. The Hall–Kier alpha value is -1.90. The molecule has 22 heavy (non-hydrogen) atoms. The number of esters is 1. The molecule has 1 heterocycles. The van der Waals surface area contributed by atoms with Gasteiger partial charge in [-0.25, -0.2) is 4.79 Å². The minimum absolute atomic E-state index is 0.101. The van der Waals surface area contributed by atoms with E-state index in [9.17, 15) is 19.7 Å². The molecule has 0 saturated carbocycles. The molecular formula is C13H23N3O6. The largest absolute Gasteiger partial charge is 0.468 e. The van der Waals surface area contributed by atoms with Crippen LogP contribution in [0.15, 0.2) is 0 Å². The maximum atomic E-state index is 11.9. The topological polar surface area (TPSA) is 111 Å². The number of nitrogens with one attached hydrogen (secondary N) is 1. The molecule has 0 aromatic carbocycles. The van der Waals surface area contributed by atoms with Crippen molar-refractivity contribution in [2.24, 2.45) is 0 Å². The van der Waals surface area contributed by atoms with E-state index in [4.69, 9.17) is 4.74 Å². The monoisotopic (exact) mass is 317 g/mol. The van der Waals surface area contributed by atoms with Gasteiger partial charge in [-0.15, -0.1) is 0 Å². The highest BCUT2D eigenvalue weighted by Gasteiger charge is 2.51. The van der Waals surface area contributed by atoms with Crippen molar-refractivity contribution in [2.75, 3.05) is 26.7 Å². The van der Waals surface area contributed by atoms with Crippen LogP contribution in [-0.2, 0) is 14.3 Å². The van der Waals surface area contributed by atoms with E-state index in [0.717, 1.165) is 0 Å². The highest BCUT2D eigenvalue weighted by atomic mass is 16.6. The quantitative estimate of drug-likeness (QED) is 0.444. The first-order valence-corrected chi connectivity index (χ1v) is 6.93. The summed E-state index contributed by atoms with van der Waals surface area (Å²) in [7, 11) is 1.24. The van der Waals surface area contributed by atoms with Gasteiger partial charge in [-0.3, -0.25) is 20.2 Å². The minimum Gasteiger partial charge on any atom is -0.468 e. The summed E-state index contributed by atoms with van der Waals surface area (Å²) in [6.07, 6.45) is -0.529. The van der Waals surface area contributed by atoms with Gasteiger partial charge >= 0.3 is 12.1 Å². The molecule has 0 aromatic rings. The zero-order valence-electron chi connectivity index (χ0n) is 13.5. The lowest BCUT2D eigenvalue weighted by Gasteiger charge is -2.48. The van der Waals surface area contributed by atoms with Gasteiger partial charge in [-0.1, -0.05) is 0 Å². The number of carbonyl (C=O) groups excluding carboxylic acids is 2. The maximum Gasteiger partial charge on any atom is 0.410 e. The number of hydrogen-bond acceptors (Lipinski definition) is 7. The fourth-order valence-electron chi connectivity index (χ4n) is 2.32. The van der Waals surface area contributed by atoms with Crippen LogP contribution in [0.5, 0.6) is 0 Å². The zero-order chi connectivity index (χ0) is 17.1. The number of methoxy groups -OCH3 is 1. The smallest absolute Gasteiger partial charge is 0.410 e. The Morgan fingerprint density at radius 3 is 2.36 bits per heavy atom. The fourth-order valence-corrected chi connectivity index (χ4v) is 2.32. The number of hydrogen-bond donors (Lipinski definition) is 1. The third-order valence-electron chi connectivity index (χ3n) is 3.15. The van der Waals surface area contributed by atoms with Crippen LogP contribution in [-0.4, -0.2) is 65.8 Å². The second kappa shape index (κ2) is 6.47. The summed E-state index contributed by atoms with van der Waals surface area (Å²) in [5.41, 5.74) is -1.58. The third kappa shape index (κ3) is 4.83. The molecule has 1 N–H and O–H groups in total. The van der Waals surface area contributed by atoms with Crippen molar-refractivity contribution in [2.45, 2.75) is 44.9 Å². The van der Waals surface area contributed by atoms with E-state index >= 15 is 0 Å². The Labute approximate surface area is 129 Å². The van der Waals surface area contributed by atoms with Crippen molar-refractivity contribution in [3.05, 3.63) is 10.1 Å². The maximum absolute atomic E-state index is 11.9. The summed E-state index contributed by atoms with van der Waals surface area (Å²) in [6, 6.07) is -0.703. The number of nitro groups is 1. The molecule has 1 aliphatic heterocycles. The molecule has 1 rings (SSSR count). The molecule has 1 atom stereocenters. The lowest BCUT2D eigenvalue weighted by Crippen LogP contribution is -2.75. The lowest BCUT2D eigenvalue weighted by molar-refractivity contribution is -0.494. The van der Waals surface area contributed by atoms with Gasteiger partial charge in [-0.05, 0) is 27.7 Å². The normalized spacial score (nSPS) is 18.1. The average Bonchev–Trinajstić information content (AvgIpc) is 2.30. The molecule has 0 unspecified atom stereocenters. The van der Waals surface area contributed by atoms with E-state index in [2.05, 4.69) is 10.1 Å². The lowest BCUT2D eigenvalue weighted by atomic mass is 9.89. The molecular weight excluding hydrogens is 294 g/mol. The van der Waals surface area contributed by atoms with Crippen molar-refractivity contribution in [1.29, 1.82) is 0 Å². The molecule has 1 fully saturated rings. The Kier molecular flexibility index (Phi) is 5.34. The van der Waals surface area contributed by atoms with E-state index in [1.807, 2.05) is 0 Å². The van der Waals surface area contributed by atoms with Crippen LogP contribution in [0.3, 0.4) is 0 Å². The Bertz CT molecular complexity index is 453. The zero-order valence-corrected chi connectivity index (χ0v) is 13.5. The Balaban J connectivity index is 2.69. The van der Waals surface area contributed by atoms with Crippen LogP contribution in [0, 0.1) is 10.1 Å². The van der Waals surface area contributed by atoms with Gasteiger partial charge in [-0.2, -0.15) is 0 Å². The molecule has 1 amide bonds. The SMILES string of the molecule is COC(=O)[C@H](C)NC1(C[N+](=O)[O-])CN(C(=O)OC(C)(C)C)C1. The van der Waals surface area contributed by atoms with Gasteiger partial charge in [0.2, 0.25) is 6.54 Å². The van der Waals surface area contributed by atoms with Crippen LogP contribution < -0.4 is 5.32 Å². The van der Waals surface area contributed by atoms with Gasteiger partial charge in [0.05, 0.1) is 20.2 Å². The number of carbonyl (C=O) groups is 2. The molecule has 9 nitrogen and oxygen atoms in total. The summed E-state index contributed by atoms with van der Waals surface area (Å²) in [4.78, 5) is 35.1. The van der Waals surface area contributed by atoms with Crippen LogP contribution >= 0.6 is 0 Å². The predicted octanol–water partition coefficient (Wildman–Crippen LogP) is 0.404.